The zero-order chi connectivity index (χ0) is 18.6. The number of nitrogens with zero attached hydrogens (tertiary/aromatic N) is 2. The first-order chi connectivity index (χ1) is 11.7. The maximum atomic E-state index is 11.8. The van der Waals surface area contributed by atoms with Gasteiger partial charge in [-0.1, -0.05) is 32.9 Å². The van der Waals surface area contributed by atoms with E-state index in [9.17, 15) is 9.59 Å². The molecule has 1 aliphatic carbocycles. The standard InChI is InChI=1S/C18H25N5O2/c1-18(2,3)14-11-16(21-17(25)20-4)23(22-14)13-8-6-5-7-12(9-13)10-15(19)24/h6-9,11H,5,10H2,1-4H3,(H2,19,24)(H2,20,21,25). The minimum absolute atomic E-state index is 0.163. The lowest BCUT2D eigenvalue weighted by atomic mass is 9.92. The van der Waals surface area contributed by atoms with E-state index in [1.54, 1.807) is 11.7 Å². The van der Waals surface area contributed by atoms with Gasteiger partial charge in [0.1, 0.15) is 5.82 Å². The van der Waals surface area contributed by atoms with Crippen LogP contribution in [0.5, 0.6) is 0 Å². The van der Waals surface area contributed by atoms with E-state index < -0.39 is 0 Å². The third-order valence-electron chi connectivity index (χ3n) is 3.71. The van der Waals surface area contributed by atoms with Gasteiger partial charge in [-0.2, -0.15) is 5.10 Å². The van der Waals surface area contributed by atoms with E-state index in [0.717, 1.165) is 17.0 Å². The Morgan fingerprint density at radius 1 is 1.36 bits per heavy atom. The number of primary amides is 1. The molecule has 1 aromatic rings. The summed E-state index contributed by atoms with van der Waals surface area (Å²) in [5.41, 5.74) is 7.57. The molecule has 2 rings (SSSR count). The summed E-state index contributed by atoms with van der Waals surface area (Å²) in [4.78, 5) is 23.0. The Morgan fingerprint density at radius 3 is 2.68 bits per heavy atom. The maximum Gasteiger partial charge on any atom is 0.320 e. The van der Waals surface area contributed by atoms with Gasteiger partial charge in [-0.25, -0.2) is 9.48 Å². The summed E-state index contributed by atoms with van der Waals surface area (Å²) in [7, 11) is 1.55. The van der Waals surface area contributed by atoms with E-state index in [2.05, 4.69) is 36.5 Å². The average Bonchev–Trinajstić information content (AvgIpc) is 2.80. The summed E-state index contributed by atoms with van der Waals surface area (Å²) in [6, 6.07) is 1.53. The Balaban J connectivity index is 2.49. The number of rotatable bonds is 4. The van der Waals surface area contributed by atoms with Crippen molar-refractivity contribution in [3.05, 3.63) is 41.6 Å². The van der Waals surface area contributed by atoms with Crippen LogP contribution in [-0.4, -0.2) is 28.8 Å². The van der Waals surface area contributed by atoms with Crippen LogP contribution >= 0.6 is 0 Å². The molecule has 1 aromatic heterocycles. The number of hydrogen-bond acceptors (Lipinski definition) is 3. The minimum atomic E-state index is -0.386. The Morgan fingerprint density at radius 2 is 2.08 bits per heavy atom. The number of nitrogens with two attached hydrogens (primary N) is 1. The van der Waals surface area contributed by atoms with Crippen molar-refractivity contribution in [2.75, 3.05) is 12.4 Å². The number of hydrogen-bond donors (Lipinski definition) is 3. The van der Waals surface area contributed by atoms with Gasteiger partial charge >= 0.3 is 6.03 Å². The van der Waals surface area contributed by atoms with Crippen molar-refractivity contribution in [2.24, 2.45) is 5.73 Å². The van der Waals surface area contributed by atoms with Crippen LogP contribution in [0, 0.1) is 0 Å². The molecule has 0 saturated carbocycles. The summed E-state index contributed by atoms with van der Waals surface area (Å²) in [5.74, 6) is 0.170. The zero-order valence-corrected chi connectivity index (χ0v) is 15.1. The molecule has 4 N–H and O–H groups in total. The predicted octanol–water partition coefficient (Wildman–Crippen LogP) is 2.53. The number of anilines is 1. The molecule has 25 heavy (non-hydrogen) atoms. The lowest BCUT2D eigenvalue weighted by Gasteiger charge is -2.14. The van der Waals surface area contributed by atoms with Crippen LogP contribution in [-0.2, 0) is 10.2 Å². The molecule has 0 aromatic carbocycles. The van der Waals surface area contributed by atoms with Crippen molar-refractivity contribution in [1.82, 2.24) is 15.1 Å². The highest BCUT2D eigenvalue weighted by Crippen LogP contribution is 2.28. The first-order valence-electron chi connectivity index (χ1n) is 8.16. The van der Waals surface area contributed by atoms with Crippen LogP contribution in [0.2, 0.25) is 0 Å². The molecule has 1 aliphatic rings. The first-order valence-corrected chi connectivity index (χ1v) is 8.16. The smallest absolute Gasteiger partial charge is 0.320 e. The number of allylic oxidation sites excluding steroid dienone is 5. The molecule has 0 fully saturated rings. The predicted molar refractivity (Wildman–Crippen MR) is 98.9 cm³/mol. The van der Waals surface area contributed by atoms with E-state index in [1.807, 2.05) is 30.4 Å². The van der Waals surface area contributed by atoms with E-state index in [-0.39, 0.29) is 23.8 Å². The molecule has 0 bridgehead atoms. The summed E-state index contributed by atoms with van der Waals surface area (Å²) in [5, 5.41) is 9.99. The van der Waals surface area contributed by atoms with Crippen LogP contribution in [0.15, 0.2) is 35.9 Å². The van der Waals surface area contributed by atoms with Crippen molar-refractivity contribution in [3.63, 3.8) is 0 Å². The molecule has 0 spiro atoms. The fraction of sp³-hybridized carbons (Fsp3) is 0.389. The number of carbonyl (C=O) groups is 2. The van der Waals surface area contributed by atoms with Crippen molar-refractivity contribution < 1.29 is 9.59 Å². The van der Waals surface area contributed by atoms with Crippen LogP contribution in [0.4, 0.5) is 10.6 Å². The number of nitrogens with one attached hydrogen (secondary N) is 2. The molecule has 0 saturated heterocycles. The summed E-state index contributed by atoms with van der Waals surface area (Å²) >= 11 is 0. The largest absolute Gasteiger partial charge is 0.369 e. The second-order valence-electron chi connectivity index (χ2n) is 6.91. The SMILES string of the molecule is CNC(=O)Nc1cc(C(C)(C)C)nn1C1=CC(CC(N)=O)=CCC=C1. The van der Waals surface area contributed by atoms with E-state index in [1.165, 1.54) is 0 Å². The summed E-state index contributed by atoms with van der Waals surface area (Å²) < 4.78 is 1.67. The second kappa shape index (κ2) is 7.38. The van der Waals surface area contributed by atoms with Gasteiger partial charge in [0.2, 0.25) is 5.91 Å². The molecule has 0 aliphatic heterocycles. The Hall–Kier alpha value is -2.83. The summed E-state index contributed by atoms with van der Waals surface area (Å²) in [6.45, 7) is 6.16. The average molecular weight is 343 g/mol. The molecule has 3 amide bonds. The molecular formula is C18H25N5O2. The molecule has 0 unspecified atom stereocenters. The van der Waals surface area contributed by atoms with Gasteiger partial charge in [-0.05, 0) is 24.1 Å². The van der Waals surface area contributed by atoms with E-state index in [0.29, 0.717) is 12.2 Å². The number of carbonyl (C=O) groups excluding carboxylic acids is 2. The fourth-order valence-corrected chi connectivity index (χ4v) is 2.37. The van der Waals surface area contributed by atoms with Gasteiger partial charge in [-0.15, -0.1) is 0 Å². The maximum absolute atomic E-state index is 11.8. The van der Waals surface area contributed by atoms with Gasteiger partial charge in [0.25, 0.3) is 0 Å². The van der Waals surface area contributed by atoms with E-state index >= 15 is 0 Å². The van der Waals surface area contributed by atoms with Gasteiger partial charge in [-0.3, -0.25) is 10.1 Å². The van der Waals surface area contributed by atoms with Crippen LogP contribution in [0.1, 0.15) is 39.3 Å². The van der Waals surface area contributed by atoms with Crippen molar-refractivity contribution in [2.45, 2.75) is 39.0 Å². The third-order valence-corrected chi connectivity index (χ3v) is 3.71. The molecule has 7 heteroatoms. The van der Waals surface area contributed by atoms with Crippen LogP contribution in [0.25, 0.3) is 5.70 Å². The van der Waals surface area contributed by atoms with Crippen LogP contribution in [0.3, 0.4) is 0 Å². The van der Waals surface area contributed by atoms with Gasteiger partial charge in [0.15, 0.2) is 0 Å². The lowest BCUT2D eigenvalue weighted by molar-refractivity contribution is -0.117. The van der Waals surface area contributed by atoms with Gasteiger partial charge < -0.3 is 11.1 Å². The van der Waals surface area contributed by atoms with E-state index in [4.69, 9.17) is 5.73 Å². The molecule has 1 heterocycles. The molecule has 134 valence electrons. The van der Waals surface area contributed by atoms with Crippen molar-refractivity contribution in [1.29, 1.82) is 0 Å². The number of amides is 3. The molecule has 0 radical (unpaired) electrons. The highest BCUT2D eigenvalue weighted by molar-refractivity contribution is 5.89. The Labute approximate surface area is 147 Å². The quantitative estimate of drug-likeness (QED) is 0.783. The minimum Gasteiger partial charge on any atom is -0.369 e. The van der Waals surface area contributed by atoms with Gasteiger partial charge in [0.05, 0.1) is 17.8 Å². The number of aromatic nitrogens is 2. The Bertz CT molecular complexity index is 763. The van der Waals surface area contributed by atoms with Crippen molar-refractivity contribution in [3.8, 4) is 0 Å². The highest BCUT2D eigenvalue weighted by Gasteiger charge is 2.22. The zero-order valence-electron chi connectivity index (χ0n) is 15.1. The van der Waals surface area contributed by atoms with Crippen molar-refractivity contribution >= 4 is 23.5 Å². The highest BCUT2D eigenvalue weighted by atomic mass is 16.2. The third kappa shape index (κ3) is 4.82. The normalized spacial score (nSPS) is 14.4. The number of urea groups is 1. The monoisotopic (exact) mass is 343 g/mol. The molecule has 0 atom stereocenters. The molecular weight excluding hydrogens is 318 g/mol. The van der Waals surface area contributed by atoms with Crippen LogP contribution < -0.4 is 16.4 Å². The first kappa shape index (κ1) is 18.5. The fourth-order valence-electron chi connectivity index (χ4n) is 2.37. The van der Waals surface area contributed by atoms with Gasteiger partial charge in [0, 0.05) is 18.5 Å². The Kier molecular flexibility index (Phi) is 5.46. The summed E-state index contributed by atoms with van der Waals surface area (Å²) in [6.07, 6.45) is 8.57. The second-order valence-corrected chi connectivity index (χ2v) is 6.91. The topological polar surface area (TPSA) is 102 Å². The molecule has 7 nitrogen and oxygen atoms in total. The lowest BCUT2D eigenvalue weighted by Crippen LogP contribution is -2.25.